The predicted octanol–water partition coefficient (Wildman–Crippen LogP) is 2.45. The zero-order valence-corrected chi connectivity index (χ0v) is 17.0. The molecule has 3 rings (SSSR count). The second kappa shape index (κ2) is 9.24. The van der Waals surface area contributed by atoms with Gasteiger partial charge in [0, 0.05) is 30.8 Å². The molecule has 2 aromatic carbocycles. The standard InChI is InChI=1S/C21H21N3O7/c1-13-4-3-5-15(8-13)23-11-14(9-20(23)26)21(27)31-12-19(25)22-17-10-16(30-2)6-7-18(17)24(28)29/h3-8,10,14H,9,11-12H2,1-2H3,(H,22,25)/t14-/m1/s1. The Morgan fingerprint density at radius 1 is 1.26 bits per heavy atom. The zero-order chi connectivity index (χ0) is 22.5. The number of carbonyl (C=O) groups excluding carboxylic acids is 3. The fourth-order valence-corrected chi connectivity index (χ4v) is 3.25. The van der Waals surface area contributed by atoms with E-state index in [2.05, 4.69) is 5.32 Å². The summed E-state index contributed by atoms with van der Waals surface area (Å²) in [6.07, 6.45) is -0.0181. The van der Waals surface area contributed by atoms with Crippen molar-refractivity contribution in [2.24, 2.45) is 5.92 Å². The monoisotopic (exact) mass is 427 g/mol. The lowest BCUT2D eigenvalue weighted by Crippen LogP contribution is -2.28. The number of hydrogen-bond acceptors (Lipinski definition) is 7. The molecule has 0 aromatic heterocycles. The van der Waals surface area contributed by atoms with Crippen LogP contribution in [0.4, 0.5) is 17.1 Å². The molecule has 0 radical (unpaired) electrons. The van der Waals surface area contributed by atoms with Crippen molar-refractivity contribution in [3.8, 4) is 5.75 Å². The Bertz CT molecular complexity index is 1040. The van der Waals surface area contributed by atoms with Gasteiger partial charge < -0.3 is 19.7 Å². The van der Waals surface area contributed by atoms with Gasteiger partial charge in [0.15, 0.2) is 6.61 Å². The molecule has 2 amide bonds. The molecule has 1 fully saturated rings. The zero-order valence-electron chi connectivity index (χ0n) is 17.0. The molecule has 1 aliphatic heterocycles. The maximum atomic E-state index is 12.4. The molecule has 0 aliphatic carbocycles. The van der Waals surface area contributed by atoms with Crippen LogP contribution in [-0.4, -0.2) is 43.0 Å². The Hall–Kier alpha value is -3.95. The lowest BCUT2D eigenvalue weighted by molar-refractivity contribution is -0.383. The van der Waals surface area contributed by atoms with Gasteiger partial charge in [-0.15, -0.1) is 0 Å². The van der Waals surface area contributed by atoms with Crippen molar-refractivity contribution in [1.82, 2.24) is 0 Å². The number of carbonyl (C=O) groups is 3. The highest BCUT2D eigenvalue weighted by Crippen LogP contribution is 2.29. The number of nitrogens with zero attached hydrogens (tertiary/aromatic N) is 2. The molecule has 0 saturated carbocycles. The van der Waals surface area contributed by atoms with E-state index in [1.165, 1.54) is 30.2 Å². The van der Waals surface area contributed by atoms with Crippen LogP contribution in [0, 0.1) is 23.0 Å². The third kappa shape index (κ3) is 5.16. The molecule has 1 heterocycles. The summed E-state index contributed by atoms with van der Waals surface area (Å²) in [4.78, 5) is 48.8. The Balaban J connectivity index is 1.58. The first-order valence-corrected chi connectivity index (χ1v) is 9.44. The van der Waals surface area contributed by atoms with E-state index in [-0.39, 0.29) is 30.2 Å². The first kappa shape index (κ1) is 21.8. The van der Waals surface area contributed by atoms with Crippen LogP contribution in [-0.2, 0) is 19.1 Å². The summed E-state index contributed by atoms with van der Waals surface area (Å²) < 4.78 is 10.0. The van der Waals surface area contributed by atoms with Crippen LogP contribution in [0.2, 0.25) is 0 Å². The molecule has 1 N–H and O–H groups in total. The van der Waals surface area contributed by atoms with Crippen molar-refractivity contribution in [1.29, 1.82) is 0 Å². The molecule has 0 spiro atoms. The summed E-state index contributed by atoms with van der Waals surface area (Å²) in [5.74, 6) is -2.02. The van der Waals surface area contributed by atoms with Gasteiger partial charge in [-0.2, -0.15) is 0 Å². The lowest BCUT2D eigenvalue weighted by Gasteiger charge is -2.17. The van der Waals surface area contributed by atoms with Crippen molar-refractivity contribution < 1.29 is 28.8 Å². The van der Waals surface area contributed by atoms with Gasteiger partial charge >= 0.3 is 5.97 Å². The normalized spacial score (nSPS) is 15.5. The van der Waals surface area contributed by atoms with Crippen LogP contribution in [0.25, 0.3) is 0 Å². The predicted molar refractivity (Wildman–Crippen MR) is 111 cm³/mol. The van der Waals surface area contributed by atoms with E-state index in [9.17, 15) is 24.5 Å². The summed E-state index contributed by atoms with van der Waals surface area (Å²) in [6.45, 7) is 1.42. The number of hydrogen-bond donors (Lipinski definition) is 1. The van der Waals surface area contributed by atoms with Gasteiger partial charge in [-0.25, -0.2) is 0 Å². The Morgan fingerprint density at radius 2 is 2.03 bits per heavy atom. The molecule has 0 bridgehead atoms. The quantitative estimate of drug-likeness (QED) is 0.408. The van der Waals surface area contributed by atoms with E-state index >= 15 is 0 Å². The molecule has 162 valence electrons. The number of anilines is 2. The van der Waals surface area contributed by atoms with Crippen molar-refractivity contribution in [2.45, 2.75) is 13.3 Å². The second-order valence-electron chi connectivity index (χ2n) is 7.04. The third-order valence-electron chi connectivity index (χ3n) is 4.79. The highest BCUT2D eigenvalue weighted by Gasteiger charge is 2.36. The minimum Gasteiger partial charge on any atom is -0.497 e. The number of methoxy groups -OCH3 is 1. The average Bonchev–Trinajstić information content (AvgIpc) is 3.13. The van der Waals surface area contributed by atoms with Gasteiger partial charge in [0.2, 0.25) is 5.91 Å². The maximum Gasteiger partial charge on any atom is 0.311 e. The van der Waals surface area contributed by atoms with E-state index in [1.54, 1.807) is 6.07 Å². The molecule has 10 nitrogen and oxygen atoms in total. The number of benzene rings is 2. The van der Waals surface area contributed by atoms with E-state index < -0.39 is 29.3 Å². The van der Waals surface area contributed by atoms with E-state index in [4.69, 9.17) is 9.47 Å². The lowest BCUT2D eigenvalue weighted by atomic mass is 10.1. The van der Waals surface area contributed by atoms with E-state index in [0.717, 1.165) is 5.56 Å². The number of amides is 2. The number of esters is 1. The highest BCUT2D eigenvalue weighted by atomic mass is 16.6. The summed E-state index contributed by atoms with van der Waals surface area (Å²) in [5, 5.41) is 13.5. The number of aryl methyl sites for hydroxylation is 1. The molecule has 2 aromatic rings. The SMILES string of the molecule is COc1ccc([N+](=O)[O-])c(NC(=O)COC(=O)[C@@H]2CC(=O)N(c3cccc(C)c3)C2)c1. The molecule has 1 saturated heterocycles. The van der Waals surface area contributed by atoms with Crippen LogP contribution < -0.4 is 15.0 Å². The van der Waals surface area contributed by atoms with Crippen molar-refractivity contribution in [3.05, 3.63) is 58.1 Å². The van der Waals surface area contributed by atoms with E-state index in [1.807, 2.05) is 25.1 Å². The first-order valence-electron chi connectivity index (χ1n) is 9.44. The summed E-state index contributed by atoms with van der Waals surface area (Å²) in [6, 6.07) is 11.3. The maximum absolute atomic E-state index is 12.4. The van der Waals surface area contributed by atoms with Gasteiger partial charge in [0.05, 0.1) is 18.0 Å². The number of nitrogens with one attached hydrogen (secondary N) is 1. The van der Waals surface area contributed by atoms with Crippen LogP contribution in [0.3, 0.4) is 0 Å². The van der Waals surface area contributed by atoms with Crippen LogP contribution in [0.15, 0.2) is 42.5 Å². The third-order valence-corrected chi connectivity index (χ3v) is 4.79. The van der Waals surface area contributed by atoms with Crippen LogP contribution in [0.5, 0.6) is 5.75 Å². The van der Waals surface area contributed by atoms with Crippen molar-refractivity contribution in [3.63, 3.8) is 0 Å². The van der Waals surface area contributed by atoms with Crippen molar-refractivity contribution >= 4 is 34.8 Å². The largest absolute Gasteiger partial charge is 0.497 e. The minimum atomic E-state index is -0.746. The summed E-state index contributed by atoms with van der Waals surface area (Å²) >= 11 is 0. The smallest absolute Gasteiger partial charge is 0.311 e. The molecule has 0 unspecified atom stereocenters. The molecular weight excluding hydrogens is 406 g/mol. The summed E-state index contributed by atoms with van der Waals surface area (Å²) in [5.41, 5.74) is 1.28. The number of rotatable bonds is 7. The van der Waals surface area contributed by atoms with Crippen LogP contribution in [0.1, 0.15) is 12.0 Å². The fraction of sp³-hybridized carbons (Fsp3) is 0.286. The van der Waals surface area contributed by atoms with Gasteiger partial charge in [0.1, 0.15) is 11.4 Å². The fourth-order valence-electron chi connectivity index (χ4n) is 3.25. The molecule has 10 heteroatoms. The Labute approximate surface area is 177 Å². The van der Waals surface area contributed by atoms with Gasteiger partial charge in [-0.05, 0) is 30.7 Å². The summed E-state index contributed by atoms with van der Waals surface area (Å²) in [7, 11) is 1.39. The average molecular weight is 427 g/mol. The number of nitro groups is 1. The molecule has 1 atom stereocenters. The van der Waals surface area contributed by atoms with Gasteiger partial charge in [0.25, 0.3) is 11.6 Å². The molecule has 1 aliphatic rings. The Kier molecular flexibility index (Phi) is 6.49. The van der Waals surface area contributed by atoms with Crippen molar-refractivity contribution in [2.75, 3.05) is 30.5 Å². The number of nitro benzene ring substituents is 1. The van der Waals surface area contributed by atoms with Gasteiger partial charge in [-0.1, -0.05) is 12.1 Å². The van der Waals surface area contributed by atoms with E-state index in [0.29, 0.717) is 11.4 Å². The van der Waals surface area contributed by atoms with Gasteiger partial charge in [-0.3, -0.25) is 24.5 Å². The topological polar surface area (TPSA) is 128 Å². The Morgan fingerprint density at radius 3 is 2.71 bits per heavy atom. The molecule has 31 heavy (non-hydrogen) atoms. The van der Waals surface area contributed by atoms with Crippen LogP contribution >= 0.6 is 0 Å². The first-order chi connectivity index (χ1) is 14.8. The highest BCUT2D eigenvalue weighted by molar-refractivity contribution is 6.00. The molecular formula is C21H21N3O7. The number of ether oxygens (including phenoxy) is 2. The minimum absolute atomic E-state index is 0.0181. The second-order valence-corrected chi connectivity index (χ2v) is 7.04.